The lowest BCUT2D eigenvalue weighted by Gasteiger charge is -2.16. The molecule has 0 bridgehead atoms. The molecule has 0 spiro atoms. The fourth-order valence-electron chi connectivity index (χ4n) is 2.86. The topological polar surface area (TPSA) is 65.0 Å². The van der Waals surface area contributed by atoms with Crippen molar-refractivity contribution in [2.24, 2.45) is 0 Å². The van der Waals surface area contributed by atoms with Crippen molar-refractivity contribution in [1.29, 1.82) is 0 Å². The molecule has 0 aliphatic carbocycles. The molecular weight excluding hydrogens is 571 g/mol. The average molecular weight is 586 g/mol. The average Bonchev–Trinajstić information content (AvgIpc) is 2.77. The zero-order valence-electron chi connectivity index (χ0n) is 16.8. The molecule has 1 atom stereocenters. The largest absolute Gasteiger partial charge is 0.469 e. The molecule has 174 valence electrons. The molecule has 1 aromatic heterocycles. The van der Waals surface area contributed by atoms with Crippen LogP contribution in [0.15, 0.2) is 64.6 Å². The second-order valence-corrected chi connectivity index (χ2v) is 12.3. The Hall–Kier alpha value is -0.990. The fraction of sp³-hybridized carbons (Fsp3) is 0.238. The summed E-state index contributed by atoms with van der Waals surface area (Å²) in [4.78, 5) is 25.4. The third-order valence-electron chi connectivity index (χ3n) is 4.38. The zero-order valence-corrected chi connectivity index (χ0v) is 22.2. The van der Waals surface area contributed by atoms with Gasteiger partial charge in [-0.2, -0.15) is 0 Å². The Kier molecular flexibility index (Phi) is 9.00. The molecule has 3 rings (SSSR count). The van der Waals surface area contributed by atoms with E-state index < -0.39 is 13.5 Å². The second kappa shape index (κ2) is 11.2. The van der Waals surface area contributed by atoms with Crippen molar-refractivity contribution >= 4 is 87.3 Å². The molecule has 0 N–H and O–H groups in total. The molecule has 0 saturated carbocycles. The number of halogens is 6. The number of aromatic nitrogens is 3. The van der Waals surface area contributed by atoms with Crippen LogP contribution in [0.5, 0.6) is 0 Å². The summed E-state index contributed by atoms with van der Waals surface area (Å²) in [6.45, 7) is 0. The normalized spacial score (nSPS) is 12.9. The molecule has 1 heterocycles. The highest BCUT2D eigenvalue weighted by Gasteiger charge is 2.34. The SMILES string of the molecule is COC(=O)C(Cc1ccccc1)c1ccc(Sc2nc(C(Cl)(Cl)Cl)nc(C(Cl)(Cl)Cl)n2)cc1. The molecule has 0 amide bonds. The van der Waals surface area contributed by atoms with Gasteiger partial charge >= 0.3 is 5.97 Å². The third-order valence-corrected chi connectivity index (χ3v) is 6.27. The number of esters is 1. The molecule has 12 heteroatoms. The Labute approximate surface area is 225 Å². The summed E-state index contributed by atoms with van der Waals surface area (Å²) in [5.74, 6) is -1.12. The van der Waals surface area contributed by atoms with Crippen LogP contribution in [-0.2, 0) is 23.5 Å². The summed E-state index contributed by atoms with van der Waals surface area (Å²) in [5, 5.41) is 0.175. The molecule has 33 heavy (non-hydrogen) atoms. The van der Waals surface area contributed by atoms with E-state index in [-0.39, 0.29) is 22.8 Å². The first-order valence-corrected chi connectivity index (χ1v) is 12.4. The van der Waals surface area contributed by atoms with Gasteiger partial charge in [0.1, 0.15) is 0 Å². The monoisotopic (exact) mass is 583 g/mol. The molecule has 0 aliphatic rings. The van der Waals surface area contributed by atoms with Crippen LogP contribution in [-0.4, -0.2) is 28.0 Å². The Morgan fingerprint density at radius 3 is 1.91 bits per heavy atom. The Bertz CT molecular complexity index is 1070. The van der Waals surface area contributed by atoms with Crippen molar-refractivity contribution in [1.82, 2.24) is 15.0 Å². The molecule has 1 unspecified atom stereocenters. The summed E-state index contributed by atoms with van der Waals surface area (Å²) in [6, 6.07) is 17.0. The summed E-state index contributed by atoms with van der Waals surface area (Å²) < 4.78 is 1.14. The highest BCUT2D eigenvalue weighted by atomic mass is 35.6. The van der Waals surface area contributed by atoms with Crippen LogP contribution in [0.2, 0.25) is 0 Å². The van der Waals surface area contributed by atoms with E-state index in [1.54, 1.807) is 0 Å². The maximum Gasteiger partial charge on any atom is 0.313 e. The highest BCUT2D eigenvalue weighted by molar-refractivity contribution is 7.99. The first-order chi connectivity index (χ1) is 15.5. The molecular formula is C21H15Cl6N3O2S. The van der Waals surface area contributed by atoms with E-state index in [1.807, 2.05) is 54.6 Å². The third kappa shape index (κ3) is 7.49. The number of carbonyl (C=O) groups is 1. The number of rotatable bonds is 6. The van der Waals surface area contributed by atoms with Gasteiger partial charge in [0.15, 0.2) is 16.8 Å². The number of ether oxygens (including phenoxy) is 1. The van der Waals surface area contributed by atoms with Gasteiger partial charge in [-0.25, -0.2) is 15.0 Å². The van der Waals surface area contributed by atoms with Gasteiger partial charge in [-0.1, -0.05) is 112 Å². The summed E-state index contributed by atoms with van der Waals surface area (Å²) in [7, 11) is 1.37. The Morgan fingerprint density at radius 2 is 1.42 bits per heavy atom. The predicted octanol–water partition coefficient (Wildman–Crippen LogP) is 7.18. The number of hydrogen-bond acceptors (Lipinski definition) is 6. The minimum Gasteiger partial charge on any atom is -0.469 e. The van der Waals surface area contributed by atoms with Crippen LogP contribution < -0.4 is 0 Å². The highest BCUT2D eigenvalue weighted by Crippen LogP contribution is 2.41. The molecule has 2 aromatic carbocycles. The Balaban J connectivity index is 1.87. The van der Waals surface area contributed by atoms with Crippen molar-refractivity contribution < 1.29 is 9.53 Å². The van der Waals surface area contributed by atoms with Crippen molar-refractivity contribution in [3.63, 3.8) is 0 Å². The molecule has 5 nitrogen and oxygen atoms in total. The van der Waals surface area contributed by atoms with Crippen molar-refractivity contribution in [2.75, 3.05) is 7.11 Å². The van der Waals surface area contributed by atoms with Crippen LogP contribution in [0, 0.1) is 0 Å². The van der Waals surface area contributed by atoms with Gasteiger partial charge in [-0.05, 0) is 41.4 Å². The smallest absolute Gasteiger partial charge is 0.313 e. The number of methoxy groups -OCH3 is 1. The van der Waals surface area contributed by atoms with Gasteiger partial charge in [0.2, 0.25) is 7.59 Å². The van der Waals surface area contributed by atoms with E-state index in [1.165, 1.54) is 7.11 Å². The molecule has 0 saturated heterocycles. The standard InChI is InChI=1S/C21H15Cl6N3O2S/c1-32-16(31)15(11-12-5-3-2-4-6-12)13-7-9-14(10-8-13)33-19-29-17(20(22,23)24)28-18(30-19)21(25,26)27/h2-10,15H,11H2,1H3. The van der Waals surface area contributed by atoms with Gasteiger partial charge in [0, 0.05) is 4.90 Å². The van der Waals surface area contributed by atoms with Crippen molar-refractivity contribution in [3.05, 3.63) is 77.4 Å². The minimum atomic E-state index is -1.93. The molecule has 0 fully saturated rings. The second-order valence-electron chi connectivity index (χ2n) is 6.70. The van der Waals surface area contributed by atoms with E-state index in [2.05, 4.69) is 15.0 Å². The van der Waals surface area contributed by atoms with E-state index in [4.69, 9.17) is 74.3 Å². The number of carbonyl (C=O) groups excluding carboxylic acids is 1. The number of nitrogens with zero attached hydrogens (tertiary/aromatic N) is 3. The molecule has 0 aliphatic heterocycles. The first kappa shape index (κ1) is 26.6. The summed E-state index contributed by atoms with van der Waals surface area (Å²) in [6.07, 6.45) is 0.507. The Morgan fingerprint density at radius 1 is 0.879 bits per heavy atom. The number of hydrogen-bond donors (Lipinski definition) is 0. The van der Waals surface area contributed by atoms with E-state index >= 15 is 0 Å². The maximum atomic E-state index is 12.4. The predicted molar refractivity (Wildman–Crippen MR) is 134 cm³/mol. The minimum absolute atomic E-state index is 0.170. The lowest BCUT2D eigenvalue weighted by atomic mass is 9.92. The van der Waals surface area contributed by atoms with E-state index in [0.717, 1.165) is 27.8 Å². The van der Waals surface area contributed by atoms with Crippen LogP contribution in [0.25, 0.3) is 0 Å². The van der Waals surface area contributed by atoms with Gasteiger partial charge in [0.25, 0.3) is 0 Å². The van der Waals surface area contributed by atoms with Crippen molar-refractivity contribution in [3.8, 4) is 0 Å². The lowest BCUT2D eigenvalue weighted by Crippen LogP contribution is -2.17. The van der Waals surface area contributed by atoms with Crippen LogP contribution >= 0.6 is 81.4 Å². The van der Waals surface area contributed by atoms with E-state index in [9.17, 15) is 4.79 Å². The summed E-state index contributed by atoms with van der Waals surface area (Å²) >= 11 is 36.7. The zero-order chi connectivity index (χ0) is 24.2. The van der Waals surface area contributed by atoms with Gasteiger partial charge in [0.05, 0.1) is 13.0 Å². The van der Waals surface area contributed by atoms with Gasteiger partial charge in [-0.3, -0.25) is 4.79 Å². The van der Waals surface area contributed by atoms with Gasteiger partial charge in [-0.15, -0.1) is 0 Å². The lowest BCUT2D eigenvalue weighted by molar-refractivity contribution is -0.142. The van der Waals surface area contributed by atoms with Crippen LogP contribution in [0.3, 0.4) is 0 Å². The maximum absolute atomic E-state index is 12.4. The molecule has 0 radical (unpaired) electrons. The first-order valence-electron chi connectivity index (χ1n) is 9.27. The van der Waals surface area contributed by atoms with Crippen LogP contribution in [0.4, 0.5) is 0 Å². The number of alkyl halides is 6. The summed E-state index contributed by atoms with van der Waals surface area (Å²) in [5.41, 5.74) is 1.82. The molecule has 3 aromatic rings. The van der Waals surface area contributed by atoms with Crippen LogP contribution in [0.1, 0.15) is 28.7 Å². The quantitative estimate of drug-likeness (QED) is 0.226. The fourth-order valence-corrected chi connectivity index (χ4v) is 4.11. The number of benzene rings is 2. The van der Waals surface area contributed by atoms with E-state index in [0.29, 0.717) is 6.42 Å². The van der Waals surface area contributed by atoms with Gasteiger partial charge < -0.3 is 4.74 Å². The van der Waals surface area contributed by atoms with Crippen molar-refractivity contribution in [2.45, 2.75) is 30.0 Å².